The van der Waals surface area contributed by atoms with Gasteiger partial charge in [-0.2, -0.15) is 0 Å². The Kier molecular flexibility index (Phi) is 5.69. The normalized spacial score (nSPS) is 13.6. The van der Waals surface area contributed by atoms with Gasteiger partial charge in [-0.3, -0.25) is 19.8 Å². The van der Waals surface area contributed by atoms with E-state index in [1.54, 1.807) is 24.3 Å². The summed E-state index contributed by atoms with van der Waals surface area (Å²) in [6, 6.07) is 17.3. The van der Waals surface area contributed by atoms with Crippen molar-refractivity contribution in [1.82, 2.24) is 9.88 Å². The van der Waals surface area contributed by atoms with Crippen LogP contribution in [0.3, 0.4) is 0 Å². The summed E-state index contributed by atoms with van der Waals surface area (Å²) in [6.45, 7) is 4.15. The lowest BCUT2D eigenvalue weighted by Gasteiger charge is -2.25. The molecule has 6 nitrogen and oxygen atoms in total. The summed E-state index contributed by atoms with van der Waals surface area (Å²) in [6.07, 6.45) is 0.882. The molecule has 0 bridgehead atoms. The minimum absolute atomic E-state index is 0.171. The molecule has 0 aliphatic carbocycles. The van der Waals surface area contributed by atoms with Crippen molar-refractivity contribution in [3.8, 4) is 0 Å². The Balaban J connectivity index is 1.41. The summed E-state index contributed by atoms with van der Waals surface area (Å²) >= 11 is 1.53. The Morgan fingerprint density at radius 1 is 1.10 bits per heavy atom. The second-order valence-electron chi connectivity index (χ2n) is 7.05. The topological polar surface area (TPSA) is 74.3 Å². The average Bonchev–Trinajstić information content (AvgIpc) is 3.10. The highest BCUT2D eigenvalue weighted by molar-refractivity contribution is 7.15. The summed E-state index contributed by atoms with van der Waals surface area (Å²) in [5.41, 5.74) is 3.45. The Hall–Kier alpha value is -3.03. The molecule has 3 aromatic rings. The molecule has 2 aromatic carbocycles. The molecule has 0 saturated carbocycles. The number of hydrogen-bond acceptors (Lipinski definition) is 5. The van der Waals surface area contributed by atoms with Crippen LogP contribution in [0.1, 0.15) is 33.4 Å². The molecule has 4 rings (SSSR count). The fourth-order valence-corrected chi connectivity index (χ4v) is 4.43. The molecule has 7 heteroatoms. The van der Waals surface area contributed by atoms with E-state index in [0.29, 0.717) is 16.4 Å². The maximum atomic E-state index is 12.6. The summed E-state index contributed by atoms with van der Waals surface area (Å²) in [5, 5.41) is 6.21. The molecule has 0 atom stereocenters. The smallest absolute Gasteiger partial charge is 0.257 e. The van der Waals surface area contributed by atoms with Crippen molar-refractivity contribution in [1.29, 1.82) is 0 Å². The van der Waals surface area contributed by atoms with Crippen molar-refractivity contribution in [3.05, 3.63) is 76.3 Å². The summed E-state index contributed by atoms with van der Waals surface area (Å²) < 4.78 is 0. The highest BCUT2D eigenvalue weighted by atomic mass is 32.1. The molecule has 1 aliphatic rings. The zero-order valence-corrected chi connectivity index (χ0v) is 17.0. The number of carbonyl (C=O) groups is 2. The number of anilines is 2. The van der Waals surface area contributed by atoms with Gasteiger partial charge in [-0.25, -0.2) is 4.98 Å². The molecule has 0 unspecified atom stereocenters. The molecule has 2 N–H and O–H groups in total. The van der Waals surface area contributed by atoms with Crippen LogP contribution in [-0.2, 0) is 24.3 Å². The molecule has 148 valence electrons. The first kappa shape index (κ1) is 19.3. The van der Waals surface area contributed by atoms with E-state index in [1.165, 1.54) is 28.7 Å². The lowest BCUT2D eigenvalue weighted by atomic mass is 10.1. The van der Waals surface area contributed by atoms with Crippen molar-refractivity contribution >= 4 is 34.0 Å². The minimum Gasteiger partial charge on any atom is -0.326 e. The van der Waals surface area contributed by atoms with Crippen molar-refractivity contribution in [2.75, 3.05) is 17.2 Å². The van der Waals surface area contributed by atoms with Crippen LogP contribution in [0.5, 0.6) is 0 Å². The number of fused-ring (bicyclic) bond motifs is 1. The fraction of sp³-hybridized carbons (Fsp3) is 0.227. The number of carbonyl (C=O) groups excluding carboxylic acids is 2. The van der Waals surface area contributed by atoms with Crippen LogP contribution in [0.4, 0.5) is 10.8 Å². The number of thiazole rings is 1. The van der Waals surface area contributed by atoms with Gasteiger partial charge in [-0.15, -0.1) is 11.3 Å². The number of nitrogens with zero attached hydrogens (tertiary/aromatic N) is 2. The van der Waals surface area contributed by atoms with Gasteiger partial charge in [0.05, 0.1) is 5.69 Å². The van der Waals surface area contributed by atoms with Crippen molar-refractivity contribution in [2.24, 2.45) is 0 Å². The van der Waals surface area contributed by atoms with Crippen LogP contribution in [0.2, 0.25) is 0 Å². The second kappa shape index (κ2) is 8.55. The summed E-state index contributed by atoms with van der Waals surface area (Å²) in [4.78, 5) is 32.0. The van der Waals surface area contributed by atoms with Gasteiger partial charge in [-0.05, 0) is 23.8 Å². The first-order valence-electron chi connectivity index (χ1n) is 9.51. The number of nitrogens with one attached hydrogen (secondary N) is 2. The van der Waals surface area contributed by atoms with Gasteiger partial charge in [0.15, 0.2) is 5.13 Å². The van der Waals surface area contributed by atoms with Gasteiger partial charge >= 0.3 is 0 Å². The molecule has 1 aliphatic heterocycles. The fourth-order valence-electron chi connectivity index (χ4n) is 3.39. The lowest BCUT2D eigenvalue weighted by molar-refractivity contribution is -0.114. The third kappa shape index (κ3) is 4.88. The van der Waals surface area contributed by atoms with Gasteiger partial charge in [0.25, 0.3) is 5.91 Å². The Morgan fingerprint density at radius 3 is 2.72 bits per heavy atom. The van der Waals surface area contributed by atoms with Crippen LogP contribution in [0, 0.1) is 0 Å². The molecule has 29 heavy (non-hydrogen) atoms. The SMILES string of the molecule is CC(=O)Nc1cccc(C(=O)Nc2nc3c(s2)CN(Cc2ccccc2)CC3)c1. The van der Waals surface area contributed by atoms with Gasteiger partial charge in [0, 0.05) is 49.1 Å². The van der Waals surface area contributed by atoms with Gasteiger partial charge in [0.1, 0.15) is 0 Å². The maximum absolute atomic E-state index is 12.6. The third-order valence-corrected chi connectivity index (χ3v) is 5.72. The van der Waals surface area contributed by atoms with Crippen molar-refractivity contribution in [2.45, 2.75) is 26.4 Å². The van der Waals surface area contributed by atoms with Crippen molar-refractivity contribution < 1.29 is 9.59 Å². The quantitative estimate of drug-likeness (QED) is 0.674. The predicted molar refractivity (Wildman–Crippen MR) is 115 cm³/mol. The molecular formula is C22H22N4O2S. The van der Waals surface area contributed by atoms with E-state index in [9.17, 15) is 9.59 Å². The van der Waals surface area contributed by atoms with Gasteiger partial charge in [0.2, 0.25) is 5.91 Å². The van der Waals surface area contributed by atoms with Gasteiger partial charge < -0.3 is 5.32 Å². The standard InChI is InChI=1S/C22H22N4O2S/c1-15(27)23-18-9-5-8-17(12-18)21(28)25-22-24-19-10-11-26(14-20(19)29-22)13-16-6-3-2-4-7-16/h2-9,12H,10-11,13-14H2,1H3,(H,23,27)(H,24,25,28). The summed E-state index contributed by atoms with van der Waals surface area (Å²) in [5.74, 6) is -0.403. The molecule has 0 radical (unpaired) electrons. The number of rotatable bonds is 5. The number of benzene rings is 2. The molecule has 0 fully saturated rings. The van der Waals surface area contributed by atoms with Crippen LogP contribution < -0.4 is 10.6 Å². The second-order valence-corrected chi connectivity index (χ2v) is 8.13. The highest BCUT2D eigenvalue weighted by Crippen LogP contribution is 2.29. The number of amides is 2. The van der Waals surface area contributed by atoms with E-state index >= 15 is 0 Å². The van der Waals surface area contributed by atoms with Crippen LogP contribution in [0.25, 0.3) is 0 Å². The average molecular weight is 407 g/mol. The Morgan fingerprint density at radius 2 is 1.93 bits per heavy atom. The molecule has 2 heterocycles. The Labute approximate surface area is 173 Å². The third-order valence-electron chi connectivity index (χ3n) is 4.72. The van der Waals surface area contributed by atoms with E-state index in [1.807, 2.05) is 6.07 Å². The number of aromatic nitrogens is 1. The largest absolute Gasteiger partial charge is 0.326 e. The van der Waals surface area contributed by atoms with E-state index in [0.717, 1.165) is 31.7 Å². The molecular weight excluding hydrogens is 384 g/mol. The molecule has 0 spiro atoms. The number of hydrogen-bond donors (Lipinski definition) is 2. The first-order valence-corrected chi connectivity index (χ1v) is 10.3. The van der Waals surface area contributed by atoms with Crippen LogP contribution in [-0.4, -0.2) is 28.2 Å². The summed E-state index contributed by atoms with van der Waals surface area (Å²) in [7, 11) is 0. The maximum Gasteiger partial charge on any atom is 0.257 e. The first-order chi connectivity index (χ1) is 14.1. The molecule has 2 amide bonds. The predicted octanol–water partition coefficient (Wildman–Crippen LogP) is 3.91. The molecule has 0 saturated heterocycles. The lowest BCUT2D eigenvalue weighted by Crippen LogP contribution is -2.29. The van der Waals surface area contributed by atoms with E-state index in [2.05, 4.69) is 44.8 Å². The minimum atomic E-state index is -0.232. The highest BCUT2D eigenvalue weighted by Gasteiger charge is 2.21. The van der Waals surface area contributed by atoms with E-state index < -0.39 is 0 Å². The zero-order chi connectivity index (χ0) is 20.2. The van der Waals surface area contributed by atoms with Crippen LogP contribution >= 0.6 is 11.3 Å². The van der Waals surface area contributed by atoms with E-state index in [4.69, 9.17) is 0 Å². The monoisotopic (exact) mass is 406 g/mol. The zero-order valence-electron chi connectivity index (χ0n) is 16.1. The Bertz CT molecular complexity index is 1030. The van der Waals surface area contributed by atoms with Crippen molar-refractivity contribution in [3.63, 3.8) is 0 Å². The van der Waals surface area contributed by atoms with Gasteiger partial charge in [-0.1, -0.05) is 36.4 Å². The molecule has 1 aromatic heterocycles. The van der Waals surface area contributed by atoms with E-state index in [-0.39, 0.29) is 11.8 Å². The van der Waals surface area contributed by atoms with Crippen LogP contribution in [0.15, 0.2) is 54.6 Å².